The summed E-state index contributed by atoms with van der Waals surface area (Å²) in [6, 6.07) is 1.90. The third kappa shape index (κ3) is 4.06. The molecule has 8 nitrogen and oxygen atoms in total. The van der Waals surface area contributed by atoms with Gasteiger partial charge in [-0.05, 0) is 19.4 Å². The van der Waals surface area contributed by atoms with Crippen molar-refractivity contribution in [3.05, 3.63) is 47.2 Å². The molecule has 3 aromatic rings. The minimum Gasteiger partial charge on any atom is -0.350 e. The van der Waals surface area contributed by atoms with Gasteiger partial charge in [-0.15, -0.1) is 0 Å². The molecule has 0 bridgehead atoms. The SMILES string of the molecule is CC1CN(c2cc(Cl)nc(-c3cnc4cnc(C(F)(F)F)cn34)n2)C(C)C(C2=CCN=C2)N1. The minimum atomic E-state index is -4.59. The van der Waals surface area contributed by atoms with Crippen LogP contribution in [-0.2, 0) is 6.18 Å². The Morgan fingerprint density at radius 2 is 1.97 bits per heavy atom. The van der Waals surface area contributed by atoms with Crippen molar-refractivity contribution in [1.29, 1.82) is 0 Å². The van der Waals surface area contributed by atoms with Crippen LogP contribution < -0.4 is 10.2 Å². The summed E-state index contributed by atoms with van der Waals surface area (Å²) >= 11 is 6.34. The van der Waals surface area contributed by atoms with E-state index in [0.717, 1.165) is 18.0 Å². The first-order valence-corrected chi connectivity index (χ1v) is 10.8. The van der Waals surface area contributed by atoms with Gasteiger partial charge in [-0.2, -0.15) is 13.2 Å². The molecule has 1 fully saturated rings. The molecule has 3 aromatic heterocycles. The zero-order valence-corrected chi connectivity index (χ0v) is 18.5. The van der Waals surface area contributed by atoms with Crippen LogP contribution in [0.3, 0.4) is 0 Å². The Kier molecular flexibility index (Phi) is 5.32. The summed E-state index contributed by atoms with van der Waals surface area (Å²) in [6.07, 6.45) is 2.76. The molecule has 3 unspecified atom stereocenters. The smallest absolute Gasteiger partial charge is 0.350 e. The zero-order valence-electron chi connectivity index (χ0n) is 17.8. The van der Waals surface area contributed by atoms with Gasteiger partial charge in [0.2, 0.25) is 0 Å². The predicted octanol–water partition coefficient (Wildman–Crippen LogP) is 3.42. The van der Waals surface area contributed by atoms with Gasteiger partial charge in [-0.25, -0.2) is 19.9 Å². The highest BCUT2D eigenvalue weighted by atomic mass is 35.5. The molecular formula is C21H20ClF3N8. The minimum absolute atomic E-state index is 0.0269. The maximum Gasteiger partial charge on any atom is 0.434 e. The second-order valence-corrected chi connectivity index (χ2v) is 8.54. The molecule has 5 rings (SSSR count). The van der Waals surface area contributed by atoms with Gasteiger partial charge < -0.3 is 10.2 Å². The molecule has 0 aliphatic carbocycles. The molecule has 5 heterocycles. The third-order valence-electron chi connectivity index (χ3n) is 5.83. The summed E-state index contributed by atoms with van der Waals surface area (Å²) in [7, 11) is 0. The highest BCUT2D eigenvalue weighted by Gasteiger charge is 2.35. The number of rotatable bonds is 3. The van der Waals surface area contributed by atoms with Crippen LogP contribution in [0.4, 0.5) is 19.0 Å². The van der Waals surface area contributed by atoms with E-state index >= 15 is 0 Å². The molecule has 0 spiro atoms. The van der Waals surface area contributed by atoms with Crippen molar-refractivity contribution in [2.45, 2.75) is 38.1 Å². The number of aliphatic imine (C=N–C) groups is 1. The summed E-state index contributed by atoms with van der Waals surface area (Å²) in [4.78, 5) is 23.0. The number of imidazole rings is 1. The van der Waals surface area contributed by atoms with E-state index in [0.29, 0.717) is 24.6 Å². The monoisotopic (exact) mass is 476 g/mol. The predicted molar refractivity (Wildman–Crippen MR) is 119 cm³/mol. The van der Waals surface area contributed by atoms with Gasteiger partial charge in [0.15, 0.2) is 17.2 Å². The van der Waals surface area contributed by atoms with Crippen LogP contribution in [0.25, 0.3) is 17.2 Å². The lowest BCUT2D eigenvalue weighted by Crippen LogP contribution is -2.61. The number of nitrogens with one attached hydrogen (secondary N) is 1. The molecule has 0 radical (unpaired) electrons. The third-order valence-corrected chi connectivity index (χ3v) is 6.03. The first-order valence-electron chi connectivity index (χ1n) is 10.4. The molecule has 172 valence electrons. The van der Waals surface area contributed by atoms with Crippen molar-refractivity contribution in [3.63, 3.8) is 0 Å². The lowest BCUT2D eigenvalue weighted by molar-refractivity contribution is -0.141. The fourth-order valence-electron chi connectivity index (χ4n) is 4.26. The Morgan fingerprint density at radius 1 is 1.15 bits per heavy atom. The average molecular weight is 477 g/mol. The normalized spacial score (nSPS) is 23.4. The number of aromatic nitrogens is 5. The molecule has 3 atom stereocenters. The van der Waals surface area contributed by atoms with Crippen LogP contribution >= 0.6 is 11.6 Å². The topological polar surface area (TPSA) is 83.6 Å². The van der Waals surface area contributed by atoms with Crippen molar-refractivity contribution in [2.75, 3.05) is 18.0 Å². The van der Waals surface area contributed by atoms with E-state index in [4.69, 9.17) is 11.6 Å². The zero-order chi connectivity index (χ0) is 23.3. The quantitative estimate of drug-likeness (QED) is 0.583. The van der Waals surface area contributed by atoms with Gasteiger partial charge >= 0.3 is 6.18 Å². The summed E-state index contributed by atoms with van der Waals surface area (Å²) in [5.74, 6) is 0.771. The number of halogens is 4. The number of fused-ring (bicyclic) bond motifs is 1. The molecule has 2 aliphatic rings. The average Bonchev–Trinajstić information content (AvgIpc) is 3.43. The van der Waals surface area contributed by atoms with Crippen molar-refractivity contribution in [1.82, 2.24) is 29.7 Å². The van der Waals surface area contributed by atoms with Crippen LogP contribution in [0.5, 0.6) is 0 Å². The first-order chi connectivity index (χ1) is 15.7. The highest BCUT2D eigenvalue weighted by Crippen LogP contribution is 2.31. The van der Waals surface area contributed by atoms with Gasteiger partial charge in [0, 0.05) is 37.1 Å². The standard InChI is InChI=1S/C21H20ClF3N8/c1-11-9-32(12(2)19(29-11)13-3-4-26-6-13)17-5-16(22)30-20(31-17)14-7-28-18-8-27-15(10-33(14)18)21(23,24)25/h3,5-8,10-12,19,29H,4,9H2,1-2H3. The fraction of sp³-hybridized carbons (Fsp3) is 0.381. The van der Waals surface area contributed by atoms with Crippen LogP contribution in [0, 0.1) is 0 Å². The van der Waals surface area contributed by atoms with Crippen LogP contribution in [0.2, 0.25) is 5.15 Å². The second kappa shape index (κ2) is 8.07. The van der Waals surface area contributed by atoms with E-state index < -0.39 is 11.9 Å². The number of alkyl halides is 3. The van der Waals surface area contributed by atoms with Crippen LogP contribution in [0.15, 0.2) is 41.3 Å². The Bertz CT molecular complexity index is 1270. The molecule has 0 aromatic carbocycles. The van der Waals surface area contributed by atoms with Gasteiger partial charge in [0.25, 0.3) is 0 Å². The van der Waals surface area contributed by atoms with Crippen LogP contribution in [-0.4, -0.2) is 61.8 Å². The summed E-state index contributed by atoms with van der Waals surface area (Å²) < 4.78 is 40.9. The Labute approximate surface area is 192 Å². The van der Waals surface area contributed by atoms with E-state index in [1.807, 2.05) is 6.21 Å². The molecule has 1 N–H and O–H groups in total. The molecular weight excluding hydrogens is 457 g/mol. The summed E-state index contributed by atoms with van der Waals surface area (Å²) in [5.41, 5.74) is 0.628. The van der Waals surface area contributed by atoms with Crippen LogP contribution in [0.1, 0.15) is 19.5 Å². The van der Waals surface area contributed by atoms with E-state index in [1.54, 1.807) is 6.07 Å². The highest BCUT2D eigenvalue weighted by molar-refractivity contribution is 6.29. The molecule has 2 aliphatic heterocycles. The van der Waals surface area contributed by atoms with Gasteiger partial charge in [0.1, 0.15) is 16.7 Å². The van der Waals surface area contributed by atoms with Gasteiger partial charge in [-0.1, -0.05) is 17.7 Å². The van der Waals surface area contributed by atoms with Crippen molar-refractivity contribution >= 4 is 29.3 Å². The molecule has 0 saturated carbocycles. The summed E-state index contributed by atoms with van der Waals surface area (Å²) in [6.45, 7) is 5.51. The first kappa shape index (κ1) is 21.8. The molecule has 1 saturated heterocycles. The number of hydrogen-bond acceptors (Lipinski definition) is 7. The Hall–Kier alpha value is -3.05. The number of anilines is 1. The van der Waals surface area contributed by atoms with Crippen molar-refractivity contribution in [2.24, 2.45) is 4.99 Å². The van der Waals surface area contributed by atoms with E-state index in [-0.39, 0.29) is 34.8 Å². The van der Waals surface area contributed by atoms with E-state index in [9.17, 15) is 13.2 Å². The number of hydrogen-bond donors (Lipinski definition) is 1. The Balaban J connectivity index is 1.56. The maximum atomic E-state index is 13.2. The molecule has 33 heavy (non-hydrogen) atoms. The molecule has 12 heteroatoms. The maximum absolute atomic E-state index is 13.2. The lowest BCUT2D eigenvalue weighted by Gasteiger charge is -2.44. The largest absolute Gasteiger partial charge is 0.434 e. The second-order valence-electron chi connectivity index (χ2n) is 8.15. The summed E-state index contributed by atoms with van der Waals surface area (Å²) in [5, 5.41) is 3.79. The van der Waals surface area contributed by atoms with Crippen molar-refractivity contribution < 1.29 is 13.2 Å². The van der Waals surface area contributed by atoms with Gasteiger partial charge in [0.05, 0.1) is 25.0 Å². The Morgan fingerprint density at radius 3 is 2.70 bits per heavy atom. The lowest BCUT2D eigenvalue weighted by atomic mass is 9.95. The number of piperazine rings is 1. The van der Waals surface area contributed by atoms with Crippen molar-refractivity contribution in [3.8, 4) is 11.5 Å². The fourth-order valence-corrected chi connectivity index (χ4v) is 4.44. The molecule has 0 amide bonds. The number of nitrogens with zero attached hydrogens (tertiary/aromatic N) is 7. The van der Waals surface area contributed by atoms with E-state index in [1.165, 1.54) is 10.6 Å². The van der Waals surface area contributed by atoms with Gasteiger partial charge in [-0.3, -0.25) is 9.39 Å². The van der Waals surface area contributed by atoms with E-state index in [2.05, 4.69) is 55.1 Å².